The number of para-hydroxylation sites is 2. The molecule has 0 aliphatic carbocycles. The van der Waals surface area contributed by atoms with Crippen molar-refractivity contribution in [1.29, 1.82) is 0 Å². The lowest BCUT2D eigenvalue weighted by Gasteiger charge is -2.35. The zero-order valence-electron chi connectivity index (χ0n) is 13.8. The van der Waals surface area contributed by atoms with Crippen LogP contribution in [-0.2, 0) is 14.8 Å². The first-order valence-electron chi connectivity index (χ1n) is 7.71. The molecule has 0 radical (unpaired) electrons. The summed E-state index contributed by atoms with van der Waals surface area (Å²) in [6.07, 6.45) is 1.59. The van der Waals surface area contributed by atoms with Crippen molar-refractivity contribution in [3.05, 3.63) is 24.3 Å². The Labute approximate surface area is 148 Å². The lowest BCUT2D eigenvalue weighted by molar-refractivity contribution is -0.119. The van der Waals surface area contributed by atoms with Gasteiger partial charge in [0.1, 0.15) is 0 Å². The number of carbonyl (C=O) groups is 1. The van der Waals surface area contributed by atoms with E-state index in [4.69, 9.17) is 12.2 Å². The summed E-state index contributed by atoms with van der Waals surface area (Å²) in [5.74, 6) is -0.147. The van der Waals surface area contributed by atoms with E-state index >= 15 is 0 Å². The zero-order valence-corrected chi connectivity index (χ0v) is 15.4. The van der Waals surface area contributed by atoms with E-state index < -0.39 is 10.0 Å². The van der Waals surface area contributed by atoms with Crippen LogP contribution in [0.1, 0.15) is 13.3 Å². The molecule has 1 aromatic carbocycles. The molecule has 2 rings (SSSR count). The van der Waals surface area contributed by atoms with Gasteiger partial charge in [-0.3, -0.25) is 4.79 Å². The molecule has 0 aromatic heterocycles. The lowest BCUT2D eigenvalue weighted by Crippen LogP contribution is -2.48. The average Bonchev–Trinajstić information content (AvgIpc) is 2.54. The fourth-order valence-electron chi connectivity index (χ4n) is 2.48. The summed E-state index contributed by atoms with van der Waals surface area (Å²) in [5.41, 5.74) is 1.71. The summed E-state index contributed by atoms with van der Waals surface area (Å²) < 4.78 is 24.7. The van der Waals surface area contributed by atoms with Crippen molar-refractivity contribution in [3.8, 4) is 0 Å². The van der Waals surface area contributed by atoms with E-state index in [1.165, 1.54) is 10.6 Å². The van der Waals surface area contributed by atoms with Crippen LogP contribution < -0.4 is 15.5 Å². The largest absolute Gasteiger partial charge is 0.367 e. The van der Waals surface area contributed by atoms with Crippen LogP contribution >= 0.6 is 12.2 Å². The van der Waals surface area contributed by atoms with E-state index in [-0.39, 0.29) is 11.0 Å². The third-order valence-electron chi connectivity index (χ3n) is 3.77. The van der Waals surface area contributed by atoms with Crippen molar-refractivity contribution in [1.82, 2.24) is 9.62 Å². The molecule has 0 spiro atoms. The molecule has 0 atom stereocenters. The molecule has 2 N–H and O–H groups in total. The smallest absolute Gasteiger partial charge is 0.225 e. The second kappa shape index (κ2) is 7.91. The van der Waals surface area contributed by atoms with Crippen LogP contribution in [0.25, 0.3) is 0 Å². The van der Waals surface area contributed by atoms with E-state index in [1.54, 1.807) is 6.92 Å². The molecule has 0 bridgehead atoms. The molecule has 24 heavy (non-hydrogen) atoms. The molecular formula is C15H22N4O3S2. The van der Waals surface area contributed by atoms with Crippen LogP contribution in [0.4, 0.5) is 11.4 Å². The maximum atomic E-state index is 11.6. The van der Waals surface area contributed by atoms with E-state index in [9.17, 15) is 13.2 Å². The highest BCUT2D eigenvalue weighted by atomic mass is 32.2. The van der Waals surface area contributed by atoms with Crippen molar-refractivity contribution < 1.29 is 13.2 Å². The SMILES string of the molecule is CCC(=O)NC(=S)Nc1ccccc1N1CCN(S(C)(=O)=O)CC1. The van der Waals surface area contributed by atoms with Gasteiger partial charge in [0.2, 0.25) is 15.9 Å². The number of piperazine rings is 1. The van der Waals surface area contributed by atoms with Crippen molar-refractivity contribution >= 4 is 44.6 Å². The number of benzene rings is 1. The Balaban J connectivity index is 2.07. The van der Waals surface area contributed by atoms with E-state index in [1.807, 2.05) is 24.3 Å². The highest BCUT2D eigenvalue weighted by molar-refractivity contribution is 7.88. The normalized spacial score (nSPS) is 15.8. The predicted molar refractivity (Wildman–Crippen MR) is 99.7 cm³/mol. The number of thiocarbonyl (C=S) groups is 1. The van der Waals surface area contributed by atoms with Gasteiger partial charge in [-0.15, -0.1) is 0 Å². The summed E-state index contributed by atoms with van der Waals surface area (Å²) in [4.78, 5) is 13.5. The van der Waals surface area contributed by atoms with Crippen LogP contribution in [0, 0.1) is 0 Å². The molecule has 1 fully saturated rings. The van der Waals surface area contributed by atoms with Gasteiger partial charge >= 0.3 is 0 Å². The average molecular weight is 371 g/mol. The summed E-state index contributed by atoms with van der Waals surface area (Å²) in [7, 11) is -3.15. The van der Waals surface area contributed by atoms with Gasteiger partial charge in [0.15, 0.2) is 5.11 Å². The van der Waals surface area contributed by atoms with Crippen LogP contribution in [-0.4, -0.2) is 56.2 Å². The molecule has 7 nitrogen and oxygen atoms in total. The van der Waals surface area contributed by atoms with Gasteiger partial charge in [-0.2, -0.15) is 4.31 Å². The summed E-state index contributed by atoms with van der Waals surface area (Å²) >= 11 is 5.16. The van der Waals surface area contributed by atoms with Crippen LogP contribution in [0.5, 0.6) is 0 Å². The van der Waals surface area contributed by atoms with E-state index in [2.05, 4.69) is 15.5 Å². The van der Waals surface area contributed by atoms with Crippen LogP contribution in [0.3, 0.4) is 0 Å². The molecule has 1 saturated heterocycles. The Hall–Kier alpha value is -1.71. The fourth-order valence-corrected chi connectivity index (χ4v) is 3.53. The number of hydrogen-bond acceptors (Lipinski definition) is 5. The molecule has 1 heterocycles. The Morgan fingerprint density at radius 3 is 2.42 bits per heavy atom. The molecule has 132 valence electrons. The standard InChI is InChI=1S/C15H22N4O3S2/c1-3-14(20)17-15(23)16-12-6-4-5-7-13(12)18-8-10-19(11-9-18)24(2,21)22/h4-7H,3,8-11H2,1-2H3,(H2,16,17,20,23). The minimum absolute atomic E-state index is 0.147. The molecule has 1 aromatic rings. The summed E-state index contributed by atoms with van der Waals surface area (Å²) in [5, 5.41) is 5.90. The first kappa shape index (κ1) is 18.6. The Morgan fingerprint density at radius 1 is 1.21 bits per heavy atom. The van der Waals surface area contributed by atoms with Crippen LogP contribution in [0.15, 0.2) is 24.3 Å². The fraction of sp³-hybridized carbons (Fsp3) is 0.467. The number of hydrogen-bond donors (Lipinski definition) is 2. The minimum Gasteiger partial charge on any atom is -0.367 e. The van der Waals surface area contributed by atoms with Gasteiger partial charge in [0.25, 0.3) is 0 Å². The number of amides is 1. The number of anilines is 2. The topological polar surface area (TPSA) is 81.8 Å². The van der Waals surface area contributed by atoms with Gasteiger partial charge in [-0.05, 0) is 24.4 Å². The lowest BCUT2D eigenvalue weighted by atomic mass is 10.2. The number of nitrogens with zero attached hydrogens (tertiary/aromatic N) is 2. The highest BCUT2D eigenvalue weighted by Crippen LogP contribution is 2.26. The molecule has 1 amide bonds. The van der Waals surface area contributed by atoms with Crippen molar-refractivity contribution in [2.75, 3.05) is 42.7 Å². The number of carbonyl (C=O) groups excluding carboxylic acids is 1. The summed E-state index contributed by atoms with van der Waals surface area (Å²) in [6, 6.07) is 7.62. The van der Waals surface area contributed by atoms with Crippen molar-refractivity contribution in [3.63, 3.8) is 0 Å². The Bertz CT molecular complexity index is 713. The maximum Gasteiger partial charge on any atom is 0.225 e. The van der Waals surface area contributed by atoms with Gasteiger partial charge in [0, 0.05) is 32.6 Å². The molecule has 1 aliphatic heterocycles. The number of sulfonamides is 1. The Kier molecular flexibility index (Phi) is 6.14. The first-order valence-corrected chi connectivity index (χ1v) is 9.97. The molecule has 1 aliphatic rings. The second-order valence-electron chi connectivity index (χ2n) is 5.52. The molecule has 0 unspecified atom stereocenters. The van der Waals surface area contributed by atoms with Crippen molar-refractivity contribution in [2.24, 2.45) is 0 Å². The number of rotatable bonds is 4. The monoisotopic (exact) mass is 370 g/mol. The zero-order chi connectivity index (χ0) is 17.7. The first-order chi connectivity index (χ1) is 11.3. The van der Waals surface area contributed by atoms with E-state index in [0.717, 1.165) is 11.4 Å². The van der Waals surface area contributed by atoms with Gasteiger partial charge < -0.3 is 15.5 Å². The third-order valence-corrected chi connectivity index (χ3v) is 5.28. The third kappa shape index (κ3) is 4.89. The maximum absolute atomic E-state index is 11.6. The molecule has 0 saturated carbocycles. The Morgan fingerprint density at radius 2 is 1.83 bits per heavy atom. The molecule has 9 heteroatoms. The van der Waals surface area contributed by atoms with E-state index in [0.29, 0.717) is 32.6 Å². The van der Waals surface area contributed by atoms with Crippen molar-refractivity contribution in [2.45, 2.75) is 13.3 Å². The second-order valence-corrected chi connectivity index (χ2v) is 7.91. The summed E-state index contributed by atoms with van der Waals surface area (Å²) in [6.45, 7) is 3.85. The predicted octanol–water partition coefficient (Wildman–Crippen LogP) is 0.991. The minimum atomic E-state index is -3.15. The number of nitrogens with one attached hydrogen (secondary N) is 2. The molecular weight excluding hydrogens is 348 g/mol. The quantitative estimate of drug-likeness (QED) is 0.770. The van der Waals surface area contributed by atoms with Gasteiger partial charge in [-0.25, -0.2) is 8.42 Å². The highest BCUT2D eigenvalue weighted by Gasteiger charge is 2.24. The van der Waals surface area contributed by atoms with Gasteiger partial charge in [-0.1, -0.05) is 19.1 Å². The van der Waals surface area contributed by atoms with Crippen LogP contribution in [0.2, 0.25) is 0 Å². The van der Waals surface area contributed by atoms with Gasteiger partial charge in [0.05, 0.1) is 17.6 Å².